The molecule has 0 radical (unpaired) electrons. The topological polar surface area (TPSA) is 175 Å². The van der Waals surface area contributed by atoms with Gasteiger partial charge >= 0.3 is 23.9 Å². The first-order chi connectivity index (χ1) is 39.6. The van der Waals surface area contributed by atoms with Crippen LogP contribution in [0.2, 0.25) is 0 Å². The zero-order valence-corrected chi connectivity index (χ0v) is 51.0. The van der Waals surface area contributed by atoms with Crippen LogP contribution in [0, 0.1) is 0 Å². The van der Waals surface area contributed by atoms with Crippen LogP contribution in [-0.2, 0) is 42.9 Å². The van der Waals surface area contributed by atoms with Gasteiger partial charge in [0.15, 0.2) is 24.6 Å². The van der Waals surface area contributed by atoms with Gasteiger partial charge in [-0.1, -0.05) is 240 Å². The molecule has 1 aliphatic rings. The van der Waals surface area contributed by atoms with Gasteiger partial charge in [0, 0.05) is 12.8 Å². The Morgan fingerprint density at radius 1 is 0.432 bits per heavy atom. The Balaban J connectivity index is 2.70. The molecule has 1 fully saturated rings. The first kappa shape index (κ1) is 74.7. The van der Waals surface area contributed by atoms with Crippen molar-refractivity contribution in [3.63, 3.8) is 0 Å². The summed E-state index contributed by atoms with van der Waals surface area (Å²) in [6.45, 7) is 5.78. The number of unbranched alkanes of at least 4 members (excludes halogenated alkanes) is 25. The van der Waals surface area contributed by atoms with Crippen LogP contribution in [-0.4, -0.2) is 89.2 Å². The summed E-state index contributed by atoms with van der Waals surface area (Å²) in [6, 6.07) is 0. The van der Waals surface area contributed by atoms with Gasteiger partial charge in [0.25, 0.3) is 0 Å². The molecule has 462 valence electrons. The van der Waals surface area contributed by atoms with E-state index in [1.54, 1.807) is 6.08 Å². The van der Waals surface area contributed by atoms with E-state index in [9.17, 15) is 34.5 Å². The normalized spacial score (nSPS) is 18.4. The lowest BCUT2D eigenvalue weighted by atomic mass is 9.98. The van der Waals surface area contributed by atoms with E-state index in [0.29, 0.717) is 19.3 Å². The van der Waals surface area contributed by atoms with E-state index in [1.807, 2.05) is 12.2 Å². The summed E-state index contributed by atoms with van der Waals surface area (Å²) in [5.74, 6) is -3.30. The van der Waals surface area contributed by atoms with Gasteiger partial charge in [0.05, 0.1) is 13.0 Å². The number of ether oxygens (including phenoxy) is 5. The van der Waals surface area contributed by atoms with E-state index in [1.165, 1.54) is 109 Å². The maximum absolute atomic E-state index is 13.1. The summed E-state index contributed by atoms with van der Waals surface area (Å²) in [5, 5.41) is 31.6. The summed E-state index contributed by atoms with van der Waals surface area (Å²) < 4.78 is 28.4. The number of esters is 3. The van der Waals surface area contributed by atoms with Crippen molar-refractivity contribution in [2.45, 2.75) is 302 Å². The third kappa shape index (κ3) is 45.8. The van der Waals surface area contributed by atoms with Crippen LogP contribution >= 0.6 is 0 Å². The molecule has 6 unspecified atom stereocenters. The molecule has 1 saturated heterocycles. The molecule has 81 heavy (non-hydrogen) atoms. The third-order valence-electron chi connectivity index (χ3n) is 14.1. The lowest BCUT2D eigenvalue weighted by Gasteiger charge is -2.40. The Labute approximate surface area is 492 Å². The number of rotatable bonds is 54. The number of carbonyl (C=O) groups is 4. The highest BCUT2D eigenvalue weighted by atomic mass is 16.7. The second-order valence-electron chi connectivity index (χ2n) is 21.7. The maximum atomic E-state index is 13.1. The predicted molar refractivity (Wildman–Crippen MR) is 331 cm³/mol. The first-order valence-electron chi connectivity index (χ1n) is 32.2. The molecular formula is C69H114O12. The van der Waals surface area contributed by atoms with Crippen molar-refractivity contribution < 1.29 is 58.2 Å². The summed E-state index contributed by atoms with van der Waals surface area (Å²) in [4.78, 5) is 51.2. The largest absolute Gasteiger partial charge is 0.479 e. The zero-order valence-electron chi connectivity index (χ0n) is 51.0. The van der Waals surface area contributed by atoms with Gasteiger partial charge in [-0.3, -0.25) is 14.4 Å². The monoisotopic (exact) mass is 1130 g/mol. The van der Waals surface area contributed by atoms with Crippen LogP contribution in [0.15, 0.2) is 97.2 Å². The molecule has 6 atom stereocenters. The van der Waals surface area contributed by atoms with Crippen LogP contribution in [0.5, 0.6) is 0 Å². The number of carbonyl (C=O) groups excluding carboxylic acids is 3. The average molecular weight is 1140 g/mol. The van der Waals surface area contributed by atoms with Crippen LogP contribution in [0.1, 0.15) is 265 Å². The number of hydrogen-bond acceptors (Lipinski definition) is 11. The fraction of sp³-hybridized carbons (Fsp3) is 0.710. The van der Waals surface area contributed by atoms with E-state index >= 15 is 0 Å². The van der Waals surface area contributed by atoms with Crippen molar-refractivity contribution in [2.24, 2.45) is 0 Å². The highest BCUT2D eigenvalue weighted by molar-refractivity contribution is 5.74. The van der Waals surface area contributed by atoms with E-state index < -0.39 is 67.3 Å². The van der Waals surface area contributed by atoms with Crippen LogP contribution in [0.4, 0.5) is 0 Å². The number of allylic oxidation sites excluding steroid dienone is 15. The third-order valence-corrected chi connectivity index (χ3v) is 14.1. The van der Waals surface area contributed by atoms with Crippen LogP contribution in [0.3, 0.4) is 0 Å². The lowest BCUT2D eigenvalue weighted by Crippen LogP contribution is -2.61. The zero-order chi connectivity index (χ0) is 58.9. The molecule has 3 N–H and O–H groups in total. The second-order valence-corrected chi connectivity index (χ2v) is 21.7. The van der Waals surface area contributed by atoms with E-state index in [4.69, 9.17) is 23.7 Å². The summed E-state index contributed by atoms with van der Waals surface area (Å²) in [5.41, 5.74) is 0. The molecule has 0 aromatic carbocycles. The molecule has 12 heteroatoms. The standard InChI is InChI=1S/C69H114O12/c1-4-7-10-13-16-19-22-25-28-30-31-33-36-39-42-45-48-51-54-57-63(72)80-67-65(74)64(73)66(68(75)76)81-69(67)78-59-60(79-62(71)56-53-50-47-44-41-38-34-27-24-21-18-15-12-9-6-3)58-77-61(70)55-52-49-46-43-40-37-35-32-29-26-23-20-17-14-11-8-5-2/h9,12,16,18-19,21,25-29,34,41,44,50,53,60,64-67,69,73-74H,4-8,10-11,13-15,17,20,22-24,30-33,35-40,42-43,45-49,51-52,54-59H2,1-3H3,(H,75,76)/b12-9-,19-16-,21-18-,28-25-,29-26-,34-27-,44-41-,53-50-. The van der Waals surface area contributed by atoms with Crippen LogP contribution in [0.25, 0.3) is 0 Å². The molecule has 0 aliphatic carbocycles. The number of aliphatic hydroxyl groups excluding tert-OH is 2. The van der Waals surface area contributed by atoms with Gasteiger partial charge in [0.2, 0.25) is 0 Å². The Morgan fingerprint density at radius 2 is 0.815 bits per heavy atom. The SMILES string of the molecule is CC/C=C\C/C=C\C/C=C\C/C=C\C/C=C\CC(=O)OC(COC(=O)CCCCCCCCC/C=C\CCCCCCCC)COC1OC(C(=O)O)C(O)C(O)C1OC(=O)CCCCCCCCCCC/C=C\C/C=C\CCCCC. The molecule has 0 bridgehead atoms. The van der Waals surface area contributed by atoms with E-state index in [0.717, 1.165) is 96.3 Å². The minimum Gasteiger partial charge on any atom is -0.479 e. The second kappa shape index (κ2) is 56.1. The van der Waals surface area contributed by atoms with Crippen LogP contribution < -0.4 is 0 Å². The van der Waals surface area contributed by atoms with Crippen molar-refractivity contribution in [3.8, 4) is 0 Å². The minimum absolute atomic E-state index is 0.0415. The first-order valence-corrected chi connectivity index (χ1v) is 32.2. The van der Waals surface area contributed by atoms with Crippen molar-refractivity contribution in [2.75, 3.05) is 13.2 Å². The molecule has 0 aromatic heterocycles. The molecule has 1 heterocycles. The molecule has 1 rings (SSSR count). The lowest BCUT2D eigenvalue weighted by molar-refractivity contribution is -0.301. The highest BCUT2D eigenvalue weighted by Crippen LogP contribution is 2.26. The molecular weight excluding hydrogens is 1020 g/mol. The average Bonchev–Trinajstić information content (AvgIpc) is 3.52. The predicted octanol–water partition coefficient (Wildman–Crippen LogP) is 17.2. The Bertz CT molecular complexity index is 1780. The van der Waals surface area contributed by atoms with Gasteiger partial charge in [0.1, 0.15) is 18.8 Å². The minimum atomic E-state index is -1.92. The molecule has 0 saturated carbocycles. The number of aliphatic hydroxyl groups is 2. The van der Waals surface area contributed by atoms with Gasteiger partial charge in [-0.15, -0.1) is 0 Å². The highest BCUT2D eigenvalue weighted by Gasteiger charge is 2.50. The van der Waals surface area contributed by atoms with Gasteiger partial charge in [-0.25, -0.2) is 4.79 Å². The van der Waals surface area contributed by atoms with Crippen molar-refractivity contribution in [1.29, 1.82) is 0 Å². The fourth-order valence-corrected chi connectivity index (χ4v) is 9.23. The Morgan fingerprint density at radius 3 is 1.28 bits per heavy atom. The number of hydrogen-bond donors (Lipinski definition) is 3. The number of carboxylic acid groups (broad SMARTS) is 1. The molecule has 0 spiro atoms. The maximum Gasteiger partial charge on any atom is 0.335 e. The number of carboxylic acids is 1. The van der Waals surface area contributed by atoms with Crippen molar-refractivity contribution in [3.05, 3.63) is 97.2 Å². The molecule has 0 amide bonds. The Hall–Kier alpha value is -4.36. The summed E-state index contributed by atoms with van der Waals surface area (Å²) in [7, 11) is 0. The van der Waals surface area contributed by atoms with Gasteiger partial charge in [-0.05, 0) is 103 Å². The van der Waals surface area contributed by atoms with Crippen molar-refractivity contribution in [1.82, 2.24) is 0 Å². The van der Waals surface area contributed by atoms with E-state index in [2.05, 4.69) is 99.8 Å². The smallest absolute Gasteiger partial charge is 0.335 e. The quantitative estimate of drug-likeness (QED) is 0.0228. The van der Waals surface area contributed by atoms with Crippen molar-refractivity contribution >= 4 is 23.9 Å². The van der Waals surface area contributed by atoms with Gasteiger partial charge in [-0.2, -0.15) is 0 Å². The Kier molecular flexibility index (Phi) is 51.7. The van der Waals surface area contributed by atoms with Gasteiger partial charge < -0.3 is 39.0 Å². The molecule has 12 nitrogen and oxygen atoms in total. The summed E-state index contributed by atoms with van der Waals surface area (Å²) >= 11 is 0. The fourth-order valence-electron chi connectivity index (χ4n) is 9.23. The molecule has 0 aromatic rings. The summed E-state index contributed by atoms with van der Waals surface area (Å²) in [6.07, 6.45) is 62.5. The number of aliphatic carboxylic acids is 1. The van der Waals surface area contributed by atoms with E-state index in [-0.39, 0.29) is 25.9 Å². The molecule has 1 aliphatic heterocycles.